The summed E-state index contributed by atoms with van der Waals surface area (Å²) in [5, 5.41) is 54.1. The van der Waals surface area contributed by atoms with Crippen LogP contribution in [0.2, 0.25) is 0 Å². The molecule has 1 fully saturated rings. The Bertz CT molecular complexity index is 1460. The van der Waals surface area contributed by atoms with Gasteiger partial charge in [0, 0.05) is 24.1 Å². The summed E-state index contributed by atoms with van der Waals surface area (Å²) in [7, 11) is 1.43. The van der Waals surface area contributed by atoms with Crippen molar-refractivity contribution >= 4 is 34.9 Å². The van der Waals surface area contributed by atoms with Gasteiger partial charge < -0.3 is 36.0 Å². The van der Waals surface area contributed by atoms with Crippen LogP contribution >= 0.6 is 0 Å². The van der Waals surface area contributed by atoms with Crippen LogP contribution in [0.25, 0.3) is 11.3 Å². The number of ether oxygens (including phenoxy) is 1. The Morgan fingerprint density at radius 1 is 1.12 bits per heavy atom. The van der Waals surface area contributed by atoms with Gasteiger partial charge in [0.05, 0.1) is 24.7 Å². The number of carbonyl (C=O) groups is 3. The lowest BCUT2D eigenvalue weighted by Crippen LogP contribution is -2.48. The second-order valence-electron chi connectivity index (χ2n) is 10.1. The molecule has 2 aromatic heterocycles. The number of hydrogen-bond donors (Lipinski definition) is 7. The predicted molar refractivity (Wildman–Crippen MR) is 153 cm³/mol. The molecule has 43 heavy (non-hydrogen) atoms. The molecule has 0 radical (unpaired) electrons. The van der Waals surface area contributed by atoms with Crippen molar-refractivity contribution in [2.24, 2.45) is 11.8 Å². The highest BCUT2D eigenvalue weighted by Crippen LogP contribution is 2.38. The summed E-state index contributed by atoms with van der Waals surface area (Å²) in [5.41, 5.74) is 0.816. The number of rotatable bonds is 14. The number of methoxy groups -OCH3 is 1. The zero-order valence-corrected chi connectivity index (χ0v) is 24.0. The molecule has 16 nitrogen and oxygen atoms in total. The fourth-order valence-electron chi connectivity index (χ4n) is 4.22. The lowest BCUT2D eigenvalue weighted by molar-refractivity contribution is -0.323. The van der Waals surface area contributed by atoms with Gasteiger partial charge in [0.1, 0.15) is 12.2 Å². The van der Waals surface area contributed by atoms with Crippen molar-refractivity contribution in [3.8, 4) is 17.0 Å². The van der Waals surface area contributed by atoms with Crippen molar-refractivity contribution in [2.45, 2.75) is 52.2 Å². The first kappa shape index (κ1) is 31.3. The average Bonchev–Trinajstić information content (AvgIpc) is 3.71. The molecule has 1 saturated carbocycles. The maximum Gasteiger partial charge on any atom is 0.369 e. The Morgan fingerprint density at radius 2 is 1.86 bits per heavy atom. The number of nitrogens with zero attached hydrogens (tertiary/aromatic N) is 5. The summed E-state index contributed by atoms with van der Waals surface area (Å²) < 4.78 is 5.65. The van der Waals surface area contributed by atoms with Gasteiger partial charge in [-0.25, -0.2) is 0 Å². The molecule has 1 aliphatic rings. The number of aromatic nitrogens is 5. The molecule has 2 heterocycles. The van der Waals surface area contributed by atoms with E-state index in [0.29, 0.717) is 35.2 Å². The molecule has 4 rings (SSSR count). The molecule has 0 saturated heterocycles. The van der Waals surface area contributed by atoms with Crippen LogP contribution in [0.5, 0.6) is 5.75 Å². The first-order valence-corrected chi connectivity index (χ1v) is 13.8. The van der Waals surface area contributed by atoms with Crippen molar-refractivity contribution in [3.05, 3.63) is 36.2 Å². The highest BCUT2D eigenvalue weighted by atomic mass is 16.7. The highest BCUT2D eigenvalue weighted by Gasteiger charge is 2.31. The maximum atomic E-state index is 12.7. The minimum atomic E-state index is -3.51. The first-order valence-electron chi connectivity index (χ1n) is 13.8. The lowest BCUT2D eigenvalue weighted by Gasteiger charge is -2.18. The number of amides is 3. The van der Waals surface area contributed by atoms with Gasteiger partial charge in [0.25, 0.3) is 5.91 Å². The van der Waals surface area contributed by atoms with Gasteiger partial charge in [-0.3, -0.25) is 19.7 Å². The van der Waals surface area contributed by atoms with E-state index < -0.39 is 17.7 Å². The molecule has 0 aliphatic heterocycles. The lowest BCUT2D eigenvalue weighted by atomic mass is 10.0. The van der Waals surface area contributed by atoms with Crippen LogP contribution in [0.4, 0.5) is 17.2 Å². The third-order valence-electron chi connectivity index (χ3n) is 6.82. The Morgan fingerprint density at radius 3 is 2.51 bits per heavy atom. The Hall–Kier alpha value is -4.67. The maximum absolute atomic E-state index is 12.7. The first-order chi connectivity index (χ1) is 20.5. The van der Waals surface area contributed by atoms with Gasteiger partial charge in [-0.2, -0.15) is 15.0 Å². The third-order valence-corrected chi connectivity index (χ3v) is 6.82. The zero-order chi connectivity index (χ0) is 31.1. The van der Waals surface area contributed by atoms with E-state index in [2.05, 4.69) is 50.2 Å². The SMILES string of the molecule is CCC(CC)CNC(=O)Cn1ncc(-c2cccc(Nc3cc(NC(=O)C4CC4)nnc3C(=O)NC(O)(O)O)c2OC)n1. The van der Waals surface area contributed by atoms with E-state index in [0.717, 1.165) is 25.7 Å². The van der Waals surface area contributed by atoms with Crippen molar-refractivity contribution in [2.75, 3.05) is 24.3 Å². The number of anilines is 3. The fourth-order valence-corrected chi connectivity index (χ4v) is 4.22. The second-order valence-corrected chi connectivity index (χ2v) is 10.1. The Kier molecular flexibility index (Phi) is 9.84. The number of aliphatic hydroxyl groups is 3. The summed E-state index contributed by atoms with van der Waals surface area (Å²) >= 11 is 0. The van der Waals surface area contributed by atoms with Crippen LogP contribution in [0.1, 0.15) is 50.0 Å². The molecule has 3 aromatic rings. The minimum Gasteiger partial charge on any atom is -0.494 e. The van der Waals surface area contributed by atoms with E-state index in [1.165, 1.54) is 24.2 Å². The predicted octanol–water partition coefficient (Wildman–Crippen LogP) is 0.706. The molecule has 230 valence electrons. The average molecular weight is 598 g/mol. The molecule has 1 aliphatic carbocycles. The van der Waals surface area contributed by atoms with Crippen molar-refractivity contribution in [1.82, 2.24) is 35.8 Å². The van der Waals surface area contributed by atoms with Gasteiger partial charge in [0.15, 0.2) is 17.3 Å². The molecule has 7 N–H and O–H groups in total. The van der Waals surface area contributed by atoms with Gasteiger partial charge in [-0.1, -0.05) is 32.8 Å². The molecule has 16 heteroatoms. The molecule has 0 atom stereocenters. The van der Waals surface area contributed by atoms with Crippen LogP contribution in [0, 0.1) is 11.8 Å². The smallest absolute Gasteiger partial charge is 0.369 e. The Balaban J connectivity index is 1.59. The summed E-state index contributed by atoms with van der Waals surface area (Å²) in [6, 6.07) is 6.38. The molecular formula is C27H35N9O7. The number of hydrogen-bond acceptors (Lipinski definition) is 12. The van der Waals surface area contributed by atoms with E-state index in [4.69, 9.17) is 4.74 Å². The summed E-state index contributed by atoms with van der Waals surface area (Å²) in [5.74, 6) is -1.03. The monoisotopic (exact) mass is 597 g/mol. The number of carbonyl (C=O) groups excluding carboxylic acids is 3. The van der Waals surface area contributed by atoms with E-state index in [1.54, 1.807) is 23.5 Å². The number of benzene rings is 1. The molecule has 0 bridgehead atoms. The van der Waals surface area contributed by atoms with Gasteiger partial charge in [-0.05, 0) is 30.9 Å². The van der Waals surface area contributed by atoms with Crippen LogP contribution < -0.4 is 26.0 Å². The van der Waals surface area contributed by atoms with Crippen molar-refractivity contribution < 1.29 is 34.4 Å². The van der Waals surface area contributed by atoms with Gasteiger partial charge >= 0.3 is 6.10 Å². The standard InChI is InChI=1S/C27H35N9O7/c1-4-15(5-2)12-28-22(37)14-36-29-13-20(35-36)17-7-6-8-18(24(17)43-3)30-19-11-21(31-25(38)16-9-10-16)33-34-23(19)26(39)32-27(40,41)42/h6-8,11,13,15-16,40-42H,4-5,9-10,12,14H2,1-3H3,(H,28,37)(H,32,39)(H2,30,31,33,38). The summed E-state index contributed by atoms with van der Waals surface area (Å²) in [6.07, 6.45) is 1.42. The molecular weight excluding hydrogens is 562 g/mol. The molecule has 3 amide bonds. The Labute approximate surface area is 246 Å². The number of nitrogens with one attached hydrogen (secondary N) is 4. The van der Waals surface area contributed by atoms with E-state index in [1.807, 2.05) is 0 Å². The number of para-hydroxylation sites is 1. The van der Waals surface area contributed by atoms with Crippen LogP contribution in [-0.2, 0) is 16.1 Å². The van der Waals surface area contributed by atoms with E-state index in [9.17, 15) is 29.7 Å². The largest absolute Gasteiger partial charge is 0.494 e. The normalized spacial score (nSPS) is 13.0. The zero-order valence-electron chi connectivity index (χ0n) is 24.0. The van der Waals surface area contributed by atoms with E-state index in [-0.39, 0.29) is 35.8 Å². The third kappa shape index (κ3) is 8.43. The molecule has 0 unspecified atom stereocenters. The topological polar surface area (TPSA) is 226 Å². The summed E-state index contributed by atoms with van der Waals surface area (Å²) in [6.45, 7) is 4.66. The van der Waals surface area contributed by atoms with Crippen LogP contribution in [-0.4, -0.2) is 78.0 Å². The molecule has 0 spiro atoms. The van der Waals surface area contributed by atoms with E-state index >= 15 is 0 Å². The van der Waals surface area contributed by atoms with Crippen LogP contribution in [0.15, 0.2) is 30.5 Å². The van der Waals surface area contributed by atoms with Gasteiger partial charge in [0.2, 0.25) is 11.8 Å². The van der Waals surface area contributed by atoms with Crippen LogP contribution in [0.3, 0.4) is 0 Å². The molecule has 1 aromatic carbocycles. The van der Waals surface area contributed by atoms with Crippen molar-refractivity contribution in [1.29, 1.82) is 0 Å². The second kappa shape index (κ2) is 13.5. The van der Waals surface area contributed by atoms with Crippen molar-refractivity contribution in [3.63, 3.8) is 0 Å². The summed E-state index contributed by atoms with van der Waals surface area (Å²) in [4.78, 5) is 38.6. The quantitative estimate of drug-likeness (QED) is 0.128. The fraction of sp³-hybridized carbons (Fsp3) is 0.444. The minimum absolute atomic E-state index is 0.00362. The highest BCUT2D eigenvalue weighted by molar-refractivity contribution is 6.00. The van der Waals surface area contributed by atoms with Gasteiger partial charge in [-0.15, -0.1) is 10.2 Å².